The lowest BCUT2D eigenvalue weighted by atomic mass is 10.0. The Labute approximate surface area is 137 Å². The summed E-state index contributed by atoms with van der Waals surface area (Å²) in [5.41, 5.74) is -1.97. The molecule has 6 nitrogen and oxygen atoms in total. The van der Waals surface area contributed by atoms with E-state index in [1.807, 2.05) is 0 Å². The van der Waals surface area contributed by atoms with E-state index >= 15 is 0 Å². The van der Waals surface area contributed by atoms with Crippen LogP contribution in [0.1, 0.15) is 23.0 Å². The molecule has 2 rings (SSSR count). The molecule has 0 saturated heterocycles. The fraction of sp³-hybridized carbons (Fsp3) is 0.267. The zero-order valence-electron chi connectivity index (χ0n) is 12.6. The molecule has 0 unspecified atom stereocenters. The molecule has 2 N–H and O–H groups in total. The van der Waals surface area contributed by atoms with Crippen molar-refractivity contribution < 1.29 is 31.5 Å². The van der Waals surface area contributed by atoms with Crippen LogP contribution < -0.4 is 5.32 Å². The van der Waals surface area contributed by atoms with Gasteiger partial charge in [-0.1, -0.05) is 12.1 Å². The number of benzene rings is 1. The molecular formula is C15H15F2NO5S. The molecule has 1 heterocycles. The molecule has 130 valence electrons. The second kappa shape index (κ2) is 6.70. The van der Waals surface area contributed by atoms with Gasteiger partial charge in [0.25, 0.3) is 5.91 Å². The van der Waals surface area contributed by atoms with E-state index in [4.69, 9.17) is 4.42 Å². The van der Waals surface area contributed by atoms with Gasteiger partial charge in [0, 0.05) is 0 Å². The minimum atomic E-state index is -4.92. The van der Waals surface area contributed by atoms with Crippen molar-refractivity contribution in [2.75, 3.05) is 6.54 Å². The Morgan fingerprint density at radius 3 is 2.54 bits per heavy atom. The molecule has 1 aromatic heterocycles. The molecule has 0 radical (unpaired) electrons. The number of carbonyl (C=O) groups excluding carboxylic acids is 1. The first-order valence-corrected chi connectivity index (χ1v) is 8.36. The number of halogens is 2. The fourth-order valence-corrected chi connectivity index (χ4v) is 2.95. The molecule has 9 heteroatoms. The summed E-state index contributed by atoms with van der Waals surface area (Å²) >= 11 is 0. The highest BCUT2D eigenvalue weighted by molar-refractivity contribution is 7.91. The number of nitrogens with one attached hydrogen (secondary N) is 1. The highest BCUT2D eigenvalue weighted by Gasteiger charge is 2.32. The number of aliphatic hydroxyl groups is 1. The van der Waals surface area contributed by atoms with E-state index in [9.17, 15) is 27.1 Å². The summed E-state index contributed by atoms with van der Waals surface area (Å²) in [6.45, 7) is 1.08. The van der Waals surface area contributed by atoms with Crippen molar-refractivity contribution in [1.82, 2.24) is 5.32 Å². The number of furan rings is 1. The monoisotopic (exact) mass is 359 g/mol. The number of carbonyl (C=O) groups is 1. The summed E-state index contributed by atoms with van der Waals surface area (Å²) in [4.78, 5) is 11.4. The predicted molar refractivity (Wildman–Crippen MR) is 80.2 cm³/mol. The zero-order valence-corrected chi connectivity index (χ0v) is 13.4. The Morgan fingerprint density at radius 1 is 1.29 bits per heavy atom. The molecule has 2 aromatic rings. The number of sulfone groups is 1. The van der Waals surface area contributed by atoms with Gasteiger partial charge in [-0.2, -0.15) is 8.78 Å². The van der Waals surface area contributed by atoms with Crippen molar-refractivity contribution >= 4 is 15.7 Å². The minimum absolute atomic E-state index is 0.191. The van der Waals surface area contributed by atoms with Gasteiger partial charge in [0.15, 0.2) is 0 Å². The van der Waals surface area contributed by atoms with Gasteiger partial charge in [-0.25, -0.2) is 8.42 Å². The highest BCUT2D eigenvalue weighted by atomic mass is 32.2. The first-order valence-electron chi connectivity index (χ1n) is 6.82. The quantitative estimate of drug-likeness (QED) is 0.821. The summed E-state index contributed by atoms with van der Waals surface area (Å²) in [6, 6.07) is 7.69. The predicted octanol–water partition coefficient (Wildman–Crippen LogP) is 1.91. The van der Waals surface area contributed by atoms with Crippen LogP contribution in [0.15, 0.2) is 52.0 Å². The molecule has 0 spiro atoms. The maximum absolute atomic E-state index is 12.7. The van der Waals surface area contributed by atoms with E-state index in [0.717, 1.165) is 12.1 Å². The van der Waals surface area contributed by atoms with Crippen LogP contribution in [0.25, 0.3) is 0 Å². The van der Waals surface area contributed by atoms with Gasteiger partial charge in [0.05, 0.1) is 23.3 Å². The summed E-state index contributed by atoms with van der Waals surface area (Å²) in [5, 5.41) is 12.6. The number of alkyl halides is 2. The van der Waals surface area contributed by atoms with Crippen LogP contribution in [0.4, 0.5) is 8.78 Å². The lowest BCUT2D eigenvalue weighted by molar-refractivity contribution is 0.0330. The van der Waals surface area contributed by atoms with Crippen molar-refractivity contribution in [3.8, 4) is 0 Å². The average Bonchev–Trinajstić information content (AvgIpc) is 3.08. The standard InChI is InChI=1S/C15H15F2NO5S/c1-15(20,12-7-4-8-23-12)9-18-13(19)10-5-2-3-6-11(10)24(21,22)14(16)17/h2-8,14,20H,9H2,1H3,(H,18,19)/t15-/m0/s1. The second-order valence-electron chi connectivity index (χ2n) is 5.24. The Hall–Kier alpha value is -2.26. The van der Waals surface area contributed by atoms with Crippen molar-refractivity contribution in [3.05, 3.63) is 54.0 Å². The van der Waals surface area contributed by atoms with Gasteiger partial charge in [0.1, 0.15) is 11.4 Å². The van der Waals surface area contributed by atoms with Crippen LogP contribution >= 0.6 is 0 Å². The second-order valence-corrected chi connectivity index (χ2v) is 7.12. The number of hydrogen-bond acceptors (Lipinski definition) is 5. The maximum atomic E-state index is 12.7. The third-order valence-corrected chi connectivity index (χ3v) is 4.76. The van der Waals surface area contributed by atoms with Gasteiger partial charge in [0.2, 0.25) is 9.84 Å². The molecule has 0 saturated carbocycles. The first kappa shape index (κ1) is 18.1. The third-order valence-electron chi connectivity index (χ3n) is 3.32. The van der Waals surface area contributed by atoms with Crippen LogP contribution in [0.5, 0.6) is 0 Å². The van der Waals surface area contributed by atoms with Crippen LogP contribution in [0.2, 0.25) is 0 Å². The Kier molecular flexibility index (Phi) is 5.05. The summed E-state index contributed by atoms with van der Waals surface area (Å²) < 4.78 is 53.8. The molecule has 1 amide bonds. The summed E-state index contributed by atoms with van der Waals surface area (Å²) in [7, 11) is -4.92. The molecule has 0 fully saturated rings. The number of hydrogen-bond donors (Lipinski definition) is 2. The molecule has 0 aliphatic heterocycles. The van der Waals surface area contributed by atoms with Crippen LogP contribution in [0.3, 0.4) is 0 Å². The normalized spacial score (nSPS) is 14.4. The van der Waals surface area contributed by atoms with Crippen LogP contribution in [-0.4, -0.2) is 31.7 Å². The summed E-state index contributed by atoms with van der Waals surface area (Å²) in [6.07, 6.45) is 1.34. The highest BCUT2D eigenvalue weighted by Crippen LogP contribution is 2.23. The Balaban J connectivity index is 2.23. The molecule has 24 heavy (non-hydrogen) atoms. The third kappa shape index (κ3) is 3.62. The fourth-order valence-electron chi connectivity index (χ4n) is 2.02. The van der Waals surface area contributed by atoms with Gasteiger partial charge in [-0.15, -0.1) is 0 Å². The van der Waals surface area contributed by atoms with Crippen molar-refractivity contribution in [1.29, 1.82) is 0 Å². The van der Waals surface area contributed by atoms with E-state index in [0.29, 0.717) is 0 Å². The van der Waals surface area contributed by atoms with E-state index < -0.39 is 37.6 Å². The zero-order chi connectivity index (χ0) is 18.0. The van der Waals surface area contributed by atoms with Crippen molar-refractivity contribution in [3.63, 3.8) is 0 Å². The van der Waals surface area contributed by atoms with Crippen LogP contribution in [-0.2, 0) is 15.4 Å². The van der Waals surface area contributed by atoms with Gasteiger partial charge >= 0.3 is 5.76 Å². The maximum Gasteiger partial charge on any atom is 0.341 e. The van der Waals surface area contributed by atoms with E-state index in [-0.39, 0.29) is 12.3 Å². The van der Waals surface area contributed by atoms with E-state index in [1.165, 1.54) is 31.4 Å². The largest absolute Gasteiger partial charge is 0.466 e. The lowest BCUT2D eigenvalue weighted by Crippen LogP contribution is -2.38. The van der Waals surface area contributed by atoms with Gasteiger partial charge in [-0.05, 0) is 31.2 Å². The van der Waals surface area contributed by atoms with Gasteiger partial charge in [-0.3, -0.25) is 4.79 Å². The molecule has 1 atom stereocenters. The number of rotatable bonds is 6. The van der Waals surface area contributed by atoms with E-state index in [1.54, 1.807) is 6.07 Å². The Bertz CT molecular complexity index is 816. The molecule has 0 aliphatic carbocycles. The topological polar surface area (TPSA) is 96.6 Å². The average molecular weight is 359 g/mol. The molecule has 0 bridgehead atoms. The minimum Gasteiger partial charge on any atom is -0.466 e. The molecule has 1 aromatic carbocycles. The lowest BCUT2D eigenvalue weighted by Gasteiger charge is -2.21. The number of amides is 1. The van der Waals surface area contributed by atoms with Crippen molar-refractivity contribution in [2.24, 2.45) is 0 Å². The first-order chi connectivity index (χ1) is 11.2. The SMILES string of the molecule is C[C@](O)(CNC(=O)c1ccccc1S(=O)(=O)C(F)F)c1ccco1. The van der Waals surface area contributed by atoms with Crippen molar-refractivity contribution in [2.45, 2.75) is 23.2 Å². The van der Waals surface area contributed by atoms with Crippen LogP contribution in [0, 0.1) is 0 Å². The molecule has 0 aliphatic rings. The smallest absolute Gasteiger partial charge is 0.341 e. The Morgan fingerprint density at radius 2 is 1.96 bits per heavy atom. The summed E-state index contributed by atoms with van der Waals surface area (Å²) in [5.74, 6) is -4.35. The van der Waals surface area contributed by atoms with Gasteiger partial charge < -0.3 is 14.8 Å². The van der Waals surface area contributed by atoms with E-state index in [2.05, 4.69) is 5.32 Å². The molecular weight excluding hydrogens is 344 g/mol.